The molecular formula is C25H19ClN6OS. The number of aryl methyl sites for hydroxylation is 1. The molecule has 0 amide bonds. The molecule has 0 bridgehead atoms. The topological polar surface area (TPSA) is 69.5 Å². The minimum absolute atomic E-state index is 0.113. The molecule has 0 aliphatic carbocycles. The van der Waals surface area contributed by atoms with Crippen molar-refractivity contribution in [3.8, 4) is 5.69 Å². The minimum atomic E-state index is -0.113. The van der Waals surface area contributed by atoms with Crippen LogP contribution in [0.25, 0.3) is 28.0 Å². The van der Waals surface area contributed by atoms with E-state index in [1.165, 1.54) is 11.8 Å². The van der Waals surface area contributed by atoms with E-state index in [9.17, 15) is 4.79 Å². The Bertz CT molecular complexity index is 1780. The summed E-state index contributed by atoms with van der Waals surface area (Å²) in [6.45, 7) is 4.06. The molecule has 4 aromatic heterocycles. The summed E-state index contributed by atoms with van der Waals surface area (Å²) in [4.78, 5) is 18.2. The van der Waals surface area contributed by atoms with Gasteiger partial charge in [-0.25, -0.2) is 9.55 Å². The lowest BCUT2D eigenvalue weighted by Crippen LogP contribution is -2.22. The average molecular weight is 487 g/mol. The minimum Gasteiger partial charge on any atom is -0.305 e. The Labute approximate surface area is 203 Å². The molecule has 0 aliphatic rings. The van der Waals surface area contributed by atoms with Crippen LogP contribution in [0, 0.1) is 13.8 Å². The zero-order valence-electron chi connectivity index (χ0n) is 18.4. The number of pyridine rings is 1. The quantitative estimate of drug-likeness (QED) is 0.318. The maximum Gasteiger partial charge on any atom is 0.267 e. The number of hydrogen-bond donors (Lipinski definition) is 0. The number of hydrogen-bond acceptors (Lipinski definition) is 5. The van der Waals surface area contributed by atoms with Crippen molar-refractivity contribution in [2.75, 3.05) is 0 Å². The zero-order valence-corrected chi connectivity index (χ0v) is 20.0. The van der Waals surface area contributed by atoms with Crippen molar-refractivity contribution in [3.05, 3.63) is 99.2 Å². The molecule has 6 aromatic rings. The molecule has 4 heterocycles. The third-order valence-electron chi connectivity index (χ3n) is 6.03. The van der Waals surface area contributed by atoms with Gasteiger partial charge in [-0.15, -0.1) is 10.2 Å². The Balaban J connectivity index is 1.51. The van der Waals surface area contributed by atoms with Crippen molar-refractivity contribution in [1.82, 2.24) is 28.5 Å². The van der Waals surface area contributed by atoms with Crippen LogP contribution in [0.5, 0.6) is 0 Å². The Morgan fingerprint density at radius 1 is 0.971 bits per heavy atom. The number of halogens is 1. The predicted octanol–water partition coefficient (Wildman–Crippen LogP) is 5.24. The zero-order chi connectivity index (χ0) is 23.4. The van der Waals surface area contributed by atoms with Crippen LogP contribution in [-0.4, -0.2) is 28.5 Å². The van der Waals surface area contributed by atoms with Crippen molar-refractivity contribution in [2.24, 2.45) is 0 Å². The first-order chi connectivity index (χ1) is 16.5. The van der Waals surface area contributed by atoms with E-state index in [0.29, 0.717) is 27.1 Å². The molecule has 0 atom stereocenters. The Kier molecular flexibility index (Phi) is 4.93. The molecule has 0 fully saturated rings. The number of rotatable bonds is 4. The highest BCUT2D eigenvalue weighted by molar-refractivity contribution is 7.98. The molecule has 0 unspecified atom stereocenters. The lowest BCUT2D eigenvalue weighted by atomic mass is 10.1. The van der Waals surface area contributed by atoms with Gasteiger partial charge < -0.3 is 4.40 Å². The molecule has 0 aliphatic heterocycles. The normalized spacial score (nSPS) is 11.7. The van der Waals surface area contributed by atoms with Gasteiger partial charge in [0, 0.05) is 18.1 Å². The van der Waals surface area contributed by atoms with Gasteiger partial charge in [-0.1, -0.05) is 47.6 Å². The first kappa shape index (κ1) is 20.9. The third-order valence-corrected chi connectivity index (χ3v) is 7.21. The second-order valence-corrected chi connectivity index (χ2v) is 9.51. The van der Waals surface area contributed by atoms with Crippen LogP contribution in [0.1, 0.15) is 16.8 Å². The second-order valence-electron chi connectivity index (χ2n) is 8.13. The summed E-state index contributed by atoms with van der Waals surface area (Å²) in [5, 5.41) is 10.9. The fraction of sp³-hybridized carbons (Fsp3) is 0.120. The van der Waals surface area contributed by atoms with Gasteiger partial charge in [-0.05, 0) is 55.3 Å². The summed E-state index contributed by atoms with van der Waals surface area (Å²) in [5.41, 5.74) is 5.34. The summed E-state index contributed by atoms with van der Waals surface area (Å²) < 4.78 is 5.53. The van der Waals surface area contributed by atoms with E-state index < -0.39 is 0 Å². The summed E-state index contributed by atoms with van der Waals surface area (Å²) in [6, 6.07) is 17.2. The number of para-hydroxylation sites is 1. The molecule has 7 nitrogen and oxygen atoms in total. The van der Waals surface area contributed by atoms with E-state index in [4.69, 9.17) is 11.6 Å². The van der Waals surface area contributed by atoms with Gasteiger partial charge in [0.2, 0.25) is 5.78 Å². The Morgan fingerprint density at radius 3 is 2.71 bits per heavy atom. The molecule has 0 radical (unpaired) electrons. The number of aromatic nitrogens is 6. The lowest BCUT2D eigenvalue weighted by molar-refractivity contribution is 0.927. The van der Waals surface area contributed by atoms with E-state index in [1.807, 2.05) is 89.6 Å². The van der Waals surface area contributed by atoms with E-state index in [0.717, 1.165) is 33.7 Å². The number of fused-ring (bicyclic) bond motifs is 4. The van der Waals surface area contributed by atoms with Gasteiger partial charge >= 0.3 is 0 Å². The van der Waals surface area contributed by atoms with Crippen LogP contribution < -0.4 is 5.56 Å². The summed E-state index contributed by atoms with van der Waals surface area (Å²) in [7, 11) is 0. The number of imidazole rings is 1. The molecule has 2 aromatic carbocycles. The Morgan fingerprint density at radius 2 is 1.82 bits per heavy atom. The first-order valence-corrected chi connectivity index (χ1v) is 12.1. The van der Waals surface area contributed by atoms with Crippen LogP contribution in [-0.2, 0) is 5.75 Å². The Hall–Kier alpha value is -3.62. The predicted molar refractivity (Wildman–Crippen MR) is 135 cm³/mol. The number of benzene rings is 2. The van der Waals surface area contributed by atoms with Crippen molar-refractivity contribution < 1.29 is 0 Å². The molecule has 34 heavy (non-hydrogen) atoms. The standard InChI is InChI=1S/C25H19ClN6OS/c1-15-6-5-9-20(16(15)2)31-23(33)19-7-3-4-8-21(19)32-24(31)28-29-25(32)34-14-18-13-30-12-17(26)10-11-22(30)27-18/h3-13H,14H2,1-2H3. The van der Waals surface area contributed by atoms with Gasteiger partial charge in [0.1, 0.15) is 5.65 Å². The van der Waals surface area contributed by atoms with E-state index >= 15 is 0 Å². The van der Waals surface area contributed by atoms with Crippen LogP contribution in [0.2, 0.25) is 5.02 Å². The SMILES string of the molecule is Cc1cccc(-n2c(=O)c3ccccc3n3c(SCc4cn5cc(Cl)ccc5n4)nnc23)c1C. The van der Waals surface area contributed by atoms with E-state index in [1.54, 1.807) is 4.57 Å². The smallest absolute Gasteiger partial charge is 0.267 e. The largest absolute Gasteiger partial charge is 0.305 e. The summed E-state index contributed by atoms with van der Waals surface area (Å²) >= 11 is 7.63. The maximum atomic E-state index is 13.6. The molecule has 0 saturated heterocycles. The average Bonchev–Trinajstić information content (AvgIpc) is 3.44. The van der Waals surface area contributed by atoms with Crippen molar-refractivity contribution in [2.45, 2.75) is 24.8 Å². The van der Waals surface area contributed by atoms with Gasteiger partial charge in [-0.3, -0.25) is 9.20 Å². The van der Waals surface area contributed by atoms with Crippen LogP contribution in [0.3, 0.4) is 0 Å². The number of nitrogens with zero attached hydrogens (tertiary/aromatic N) is 6. The lowest BCUT2D eigenvalue weighted by Gasteiger charge is -2.14. The highest BCUT2D eigenvalue weighted by Gasteiger charge is 2.19. The van der Waals surface area contributed by atoms with Crippen LogP contribution in [0.15, 0.2) is 76.9 Å². The highest BCUT2D eigenvalue weighted by atomic mass is 35.5. The molecule has 0 spiro atoms. The van der Waals surface area contributed by atoms with Gasteiger partial charge in [0.25, 0.3) is 5.56 Å². The van der Waals surface area contributed by atoms with Crippen LogP contribution >= 0.6 is 23.4 Å². The van der Waals surface area contributed by atoms with Crippen LogP contribution in [0.4, 0.5) is 0 Å². The molecule has 9 heteroatoms. The second kappa shape index (κ2) is 8.00. The molecule has 0 saturated carbocycles. The molecule has 0 N–H and O–H groups in total. The third kappa shape index (κ3) is 3.29. The fourth-order valence-electron chi connectivity index (χ4n) is 4.19. The van der Waals surface area contributed by atoms with E-state index in [-0.39, 0.29) is 5.56 Å². The summed E-state index contributed by atoms with van der Waals surface area (Å²) in [6.07, 6.45) is 3.79. The maximum absolute atomic E-state index is 13.6. The summed E-state index contributed by atoms with van der Waals surface area (Å²) in [5.74, 6) is 1.08. The molecule has 6 rings (SSSR count). The van der Waals surface area contributed by atoms with Crippen molar-refractivity contribution >= 4 is 45.7 Å². The van der Waals surface area contributed by atoms with Crippen molar-refractivity contribution in [1.29, 1.82) is 0 Å². The van der Waals surface area contributed by atoms with Crippen molar-refractivity contribution in [3.63, 3.8) is 0 Å². The van der Waals surface area contributed by atoms with E-state index in [2.05, 4.69) is 15.2 Å². The fourth-order valence-corrected chi connectivity index (χ4v) is 5.18. The van der Waals surface area contributed by atoms with Gasteiger partial charge in [0.05, 0.1) is 27.3 Å². The van der Waals surface area contributed by atoms with Gasteiger partial charge in [-0.2, -0.15) is 0 Å². The van der Waals surface area contributed by atoms with Gasteiger partial charge in [0.15, 0.2) is 5.16 Å². The first-order valence-electron chi connectivity index (χ1n) is 10.7. The molecule has 168 valence electrons. The molecular weight excluding hydrogens is 468 g/mol. The number of thioether (sulfide) groups is 1. The monoisotopic (exact) mass is 486 g/mol. The highest BCUT2D eigenvalue weighted by Crippen LogP contribution is 2.27.